The highest BCUT2D eigenvalue weighted by atomic mass is 35.5. The molecule has 27 heavy (non-hydrogen) atoms. The van der Waals surface area contributed by atoms with E-state index < -0.39 is 24.3 Å². The second kappa shape index (κ2) is 10.7. The molecule has 0 saturated heterocycles. The predicted molar refractivity (Wildman–Crippen MR) is 100 cm³/mol. The monoisotopic (exact) mass is 413 g/mol. The summed E-state index contributed by atoms with van der Waals surface area (Å²) in [6.07, 6.45) is 0.487. The molecular formula is C19H18Cl2FNO4. The minimum Gasteiger partial charge on any atom is -0.492 e. The Labute approximate surface area is 166 Å². The molecule has 144 valence electrons. The van der Waals surface area contributed by atoms with Crippen molar-refractivity contribution in [2.24, 2.45) is 0 Å². The molecule has 2 aromatic carbocycles. The summed E-state index contributed by atoms with van der Waals surface area (Å²) < 4.78 is 23.8. The molecule has 8 heteroatoms. The van der Waals surface area contributed by atoms with Crippen molar-refractivity contribution in [1.82, 2.24) is 5.32 Å². The van der Waals surface area contributed by atoms with E-state index in [0.717, 1.165) is 0 Å². The van der Waals surface area contributed by atoms with Gasteiger partial charge in [0, 0.05) is 23.6 Å². The molecule has 0 aliphatic carbocycles. The zero-order chi connectivity index (χ0) is 19.6. The first kappa shape index (κ1) is 21.0. The number of hydrogen-bond donors (Lipinski definition) is 1. The van der Waals surface area contributed by atoms with Crippen molar-refractivity contribution in [1.29, 1.82) is 0 Å². The van der Waals surface area contributed by atoms with Gasteiger partial charge in [-0.15, -0.1) is 0 Å². The molecule has 0 fully saturated rings. The molecule has 0 unspecified atom stereocenters. The lowest BCUT2D eigenvalue weighted by Crippen LogP contribution is -2.28. The number of benzene rings is 2. The number of hydrogen-bond acceptors (Lipinski definition) is 4. The summed E-state index contributed by atoms with van der Waals surface area (Å²) in [5.41, 5.74) is 0.357. The number of esters is 1. The minimum atomic E-state index is -0.526. The molecule has 0 saturated carbocycles. The zero-order valence-corrected chi connectivity index (χ0v) is 15.9. The molecule has 0 bridgehead atoms. The number of amides is 1. The van der Waals surface area contributed by atoms with Gasteiger partial charge in [0.05, 0.1) is 11.6 Å². The molecule has 0 radical (unpaired) electrons. The topological polar surface area (TPSA) is 64.6 Å². The fourth-order valence-electron chi connectivity index (χ4n) is 2.10. The molecule has 2 aromatic rings. The van der Waals surface area contributed by atoms with Gasteiger partial charge in [-0.2, -0.15) is 0 Å². The highest BCUT2D eigenvalue weighted by Crippen LogP contribution is 2.27. The third-order valence-corrected chi connectivity index (χ3v) is 4.01. The SMILES string of the molecule is O=C(COC(=O)CCCOc1ccc(Cl)cc1Cl)NCc1ccccc1F. The molecule has 2 rings (SSSR count). The van der Waals surface area contributed by atoms with E-state index in [-0.39, 0.29) is 19.6 Å². The molecule has 0 aliphatic rings. The summed E-state index contributed by atoms with van der Waals surface area (Å²) in [5.74, 6) is -0.963. The highest BCUT2D eigenvalue weighted by Gasteiger charge is 2.09. The average Bonchev–Trinajstić information content (AvgIpc) is 2.64. The van der Waals surface area contributed by atoms with E-state index in [1.54, 1.807) is 36.4 Å². The van der Waals surface area contributed by atoms with Crippen LogP contribution < -0.4 is 10.1 Å². The van der Waals surface area contributed by atoms with E-state index in [1.165, 1.54) is 6.07 Å². The molecule has 0 aliphatic heterocycles. The Bertz CT molecular complexity index is 801. The predicted octanol–water partition coefficient (Wildman–Crippen LogP) is 4.15. The van der Waals surface area contributed by atoms with Gasteiger partial charge in [0.1, 0.15) is 11.6 Å². The molecular weight excluding hydrogens is 396 g/mol. The fourth-order valence-corrected chi connectivity index (χ4v) is 2.56. The molecule has 1 amide bonds. The van der Waals surface area contributed by atoms with Crippen molar-refractivity contribution in [3.63, 3.8) is 0 Å². The maximum atomic E-state index is 13.4. The zero-order valence-electron chi connectivity index (χ0n) is 14.3. The van der Waals surface area contributed by atoms with Crippen LogP contribution >= 0.6 is 23.2 Å². The van der Waals surface area contributed by atoms with Crippen LogP contribution in [0.25, 0.3) is 0 Å². The van der Waals surface area contributed by atoms with Crippen LogP contribution in [0.3, 0.4) is 0 Å². The van der Waals surface area contributed by atoms with Crippen molar-refractivity contribution in [3.8, 4) is 5.75 Å². The summed E-state index contributed by atoms with van der Waals surface area (Å²) in [7, 11) is 0. The quantitative estimate of drug-likeness (QED) is 0.495. The van der Waals surface area contributed by atoms with E-state index in [4.69, 9.17) is 32.7 Å². The van der Waals surface area contributed by atoms with Crippen LogP contribution in [0.4, 0.5) is 4.39 Å². The van der Waals surface area contributed by atoms with Gasteiger partial charge in [0.25, 0.3) is 5.91 Å². The van der Waals surface area contributed by atoms with Crippen molar-refractivity contribution in [2.45, 2.75) is 19.4 Å². The van der Waals surface area contributed by atoms with E-state index >= 15 is 0 Å². The summed E-state index contributed by atoms with van der Waals surface area (Å²) in [5, 5.41) is 3.38. The third-order valence-electron chi connectivity index (χ3n) is 3.47. The van der Waals surface area contributed by atoms with Crippen LogP contribution in [0.2, 0.25) is 10.0 Å². The Morgan fingerprint density at radius 1 is 1.11 bits per heavy atom. The van der Waals surface area contributed by atoms with Crippen LogP contribution in [0.5, 0.6) is 5.75 Å². The fraction of sp³-hybridized carbons (Fsp3) is 0.263. The second-order valence-electron chi connectivity index (χ2n) is 5.56. The Balaban J connectivity index is 1.60. The minimum absolute atomic E-state index is 0.0265. The normalized spacial score (nSPS) is 10.3. The number of nitrogens with one attached hydrogen (secondary N) is 1. The van der Waals surface area contributed by atoms with Crippen molar-refractivity contribution < 1.29 is 23.5 Å². The van der Waals surface area contributed by atoms with Gasteiger partial charge < -0.3 is 14.8 Å². The summed E-state index contributed by atoms with van der Waals surface area (Å²) in [6, 6.07) is 11.0. The van der Waals surface area contributed by atoms with E-state index in [0.29, 0.717) is 27.8 Å². The van der Waals surface area contributed by atoms with Crippen molar-refractivity contribution >= 4 is 35.1 Å². The maximum Gasteiger partial charge on any atom is 0.306 e. The van der Waals surface area contributed by atoms with Gasteiger partial charge in [-0.05, 0) is 30.7 Å². The first-order chi connectivity index (χ1) is 13.0. The molecule has 0 atom stereocenters. The van der Waals surface area contributed by atoms with Crippen LogP contribution in [-0.2, 0) is 20.9 Å². The number of ether oxygens (including phenoxy) is 2. The van der Waals surface area contributed by atoms with E-state index in [1.807, 2.05) is 0 Å². The smallest absolute Gasteiger partial charge is 0.306 e. The Morgan fingerprint density at radius 3 is 2.63 bits per heavy atom. The lowest BCUT2D eigenvalue weighted by atomic mass is 10.2. The lowest BCUT2D eigenvalue weighted by Gasteiger charge is -2.09. The first-order valence-electron chi connectivity index (χ1n) is 8.19. The van der Waals surface area contributed by atoms with Gasteiger partial charge in [0.15, 0.2) is 6.61 Å². The molecule has 1 N–H and O–H groups in total. The van der Waals surface area contributed by atoms with Crippen molar-refractivity contribution in [2.75, 3.05) is 13.2 Å². The molecule has 0 aromatic heterocycles. The number of carbonyl (C=O) groups is 2. The van der Waals surface area contributed by atoms with Gasteiger partial charge in [0.2, 0.25) is 0 Å². The van der Waals surface area contributed by atoms with Gasteiger partial charge >= 0.3 is 5.97 Å². The van der Waals surface area contributed by atoms with E-state index in [9.17, 15) is 14.0 Å². The van der Waals surface area contributed by atoms with Crippen LogP contribution in [0.1, 0.15) is 18.4 Å². The molecule has 5 nitrogen and oxygen atoms in total. The average molecular weight is 414 g/mol. The summed E-state index contributed by atoms with van der Waals surface area (Å²) >= 11 is 11.8. The first-order valence-corrected chi connectivity index (χ1v) is 8.95. The molecule has 0 spiro atoms. The van der Waals surface area contributed by atoms with Crippen LogP contribution in [-0.4, -0.2) is 25.1 Å². The molecule has 0 heterocycles. The lowest BCUT2D eigenvalue weighted by molar-refractivity contribution is -0.148. The van der Waals surface area contributed by atoms with Crippen molar-refractivity contribution in [3.05, 3.63) is 63.9 Å². The third kappa shape index (κ3) is 7.45. The van der Waals surface area contributed by atoms with Gasteiger partial charge in [-0.1, -0.05) is 41.4 Å². The largest absolute Gasteiger partial charge is 0.492 e. The number of carbonyl (C=O) groups excluding carboxylic acids is 2. The maximum absolute atomic E-state index is 13.4. The van der Waals surface area contributed by atoms with Gasteiger partial charge in [-0.3, -0.25) is 9.59 Å². The summed E-state index contributed by atoms with van der Waals surface area (Å²) in [6.45, 7) is -0.133. The van der Waals surface area contributed by atoms with Crippen LogP contribution in [0.15, 0.2) is 42.5 Å². The standard InChI is InChI=1S/C19H18Cl2FNO4/c20-14-7-8-17(15(21)10-14)26-9-3-6-19(25)27-12-18(24)23-11-13-4-1-2-5-16(13)22/h1-2,4-5,7-8,10H,3,6,9,11-12H2,(H,23,24). The Hall–Kier alpha value is -2.31. The number of rotatable bonds is 9. The van der Waals surface area contributed by atoms with Crippen LogP contribution in [0, 0.1) is 5.82 Å². The second-order valence-corrected chi connectivity index (χ2v) is 6.40. The van der Waals surface area contributed by atoms with E-state index in [2.05, 4.69) is 5.32 Å². The number of halogens is 3. The Kier molecular flexibility index (Phi) is 8.36. The summed E-state index contributed by atoms with van der Waals surface area (Å²) in [4.78, 5) is 23.3. The Morgan fingerprint density at radius 2 is 1.89 bits per heavy atom. The van der Waals surface area contributed by atoms with Gasteiger partial charge in [-0.25, -0.2) is 4.39 Å². The highest BCUT2D eigenvalue weighted by molar-refractivity contribution is 6.35.